The first-order valence-electron chi connectivity index (χ1n) is 7.91. The van der Waals surface area contributed by atoms with Crippen LogP contribution in [0.15, 0.2) is 41.6 Å². The maximum absolute atomic E-state index is 5.51. The molecule has 1 nitrogen and oxygen atoms in total. The maximum Gasteiger partial charge on any atom is 0.107 e. The summed E-state index contributed by atoms with van der Waals surface area (Å²) in [5.74, 6) is 0.430. The van der Waals surface area contributed by atoms with Crippen molar-refractivity contribution in [3.8, 4) is 0 Å². The van der Waals surface area contributed by atoms with Gasteiger partial charge in [0.15, 0.2) is 0 Å². The molecule has 1 rings (SSSR count). The number of rotatable bonds is 5. The molecule has 0 spiro atoms. The topological polar surface area (TPSA) is 9.23 Å². The van der Waals surface area contributed by atoms with E-state index in [-0.39, 0.29) is 11.5 Å². The van der Waals surface area contributed by atoms with Crippen molar-refractivity contribution in [2.24, 2.45) is 11.3 Å². The van der Waals surface area contributed by atoms with E-state index in [0.717, 1.165) is 0 Å². The predicted octanol–water partition coefficient (Wildman–Crippen LogP) is 4.78. The van der Waals surface area contributed by atoms with Crippen LogP contribution in [0.4, 0.5) is 0 Å². The lowest BCUT2D eigenvalue weighted by atomic mass is 9.92. The van der Waals surface area contributed by atoms with Gasteiger partial charge in [0.1, 0.15) is 8.07 Å². The highest BCUT2D eigenvalue weighted by molar-refractivity contribution is 6.95. The average molecular weight is 305 g/mol. The second kappa shape index (κ2) is 6.93. The number of hydrogen-bond donors (Lipinski definition) is 0. The Morgan fingerprint density at radius 1 is 1.10 bits per heavy atom. The Kier molecular flexibility index (Phi) is 6.00. The molecule has 0 aliphatic carbocycles. The minimum atomic E-state index is -1.66. The van der Waals surface area contributed by atoms with Crippen LogP contribution in [0.5, 0.6) is 0 Å². The standard InChI is InChI=1S/C19H32OSi/c1-15(16(2)20-6)14-18(19(3,4)5)21(7,8)17-12-10-9-11-13-17/h9-16H,1-8H3/b18-14-/t15-,16-/m0/s1. The van der Waals surface area contributed by atoms with Crippen LogP contribution in [0.25, 0.3) is 0 Å². The first kappa shape index (κ1) is 18.2. The molecule has 1 aromatic rings. The molecule has 0 heterocycles. The average Bonchev–Trinajstić information content (AvgIpc) is 2.43. The van der Waals surface area contributed by atoms with Crippen molar-refractivity contribution in [1.82, 2.24) is 0 Å². The molecule has 0 unspecified atom stereocenters. The predicted molar refractivity (Wildman–Crippen MR) is 96.7 cm³/mol. The molecule has 0 saturated heterocycles. The zero-order valence-corrected chi connectivity index (χ0v) is 16.0. The summed E-state index contributed by atoms with van der Waals surface area (Å²) in [4.78, 5) is 0. The second-order valence-electron chi connectivity index (χ2n) is 7.62. The fourth-order valence-electron chi connectivity index (χ4n) is 3.02. The Balaban J connectivity index is 3.29. The van der Waals surface area contributed by atoms with Crippen LogP contribution in [0.2, 0.25) is 13.1 Å². The van der Waals surface area contributed by atoms with Crippen molar-refractivity contribution in [3.05, 3.63) is 41.6 Å². The van der Waals surface area contributed by atoms with Gasteiger partial charge >= 0.3 is 0 Å². The minimum absolute atomic E-state index is 0.188. The first-order chi connectivity index (χ1) is 9.60. The summed E-state index contributed by atoms with van der Waals surface area (Å²) >= 11 is 0. The summed E-state index contributed by atoms with van der Waals surface area (Å²) < 4.78 is 5.51. The van der Waals surface area contributed by atoms with Crippen molar-refractivity contribution >= 4 is 13.3 Å². The van der Waals surface area contributed by atoms with Crippen LogP contribution in [-0.4, -0.2) is 21.3 Å². The molecule has 21 heavy (non-hydrogen) atoms. The van der Waals surface area contributed by atoms with Gasteiger partial charge in [-0.1, -0.05) is 87.6 Å². The van der Waals surface area contributed by atoms with Gasteiger partial charge in [-0.2, -0.15) is 0 Å². The maximum atomic E-state index is 5.51. The van der Waals surface area contributed by atoms with Gasteiger partial charge < -0.3 is 4.74 Å². The smallest absolute Gasteiger partial charge is 0.107 e. The summed E-state index contributed by atoms with van der Waals surface area (Å²) in [6.45, 7) is 16.3. The van der Waals surface area contributed by atoms with Crippen molar-refractivity contribution in [3.63, 3.8) is 0 Å². The van der Waals surface area contributed by atoms with Crippen LogP contribution < -0.4 is 5.19 Å². The molecule has 0 saturated carbocycles. The summed E-state index contributed by atoms with van der Waals surface area (Å²) in [5.41, 5.74) is 0.188. The van der Waals surface area contributed by atoms with Gasteiger partial charge in [0, 0.05) is 7.11 Å². The van der Waals surface area contributed by atoms with Crippen LogP contribution in [0, 0.1) is 11.3 Å². The van der Waals surface area contributed by atoms with E-state index in [4.69, 9.17) is 4.74 Å². The lowest BCUT2D eigenvalue weighted by Gasteiger charge is -2.37. The summed E-state index contributed by atoms with van der Waals surface area (Å²) in [5, 5.41) is 3.11. The SMILES string of the molecule is CO[C@@H](C)[C@@H](C)/C=C(/C(C)(C)C)[Si](C)(C)c1ccccc1. The van der Waals surface area contributed by atoms with Crippen molar-refractivity contribution in [2.75, 3.05) is 7.11 Å². The van der Waals surface area contributed by atoms with E-state index in [1.54, 1.807) is 12.3 Å². The molecule has 0 aliphatic rings. The van der Waals surface area contributed by atoms with Crippen molar-refractivity contribution < 1.29 is 4.74 Å². The number of allylic oxidation sites excluding steroid dienone is 1. The van der Waals surface area contributed by atoms with Crippen molar-refractivity contribution in [2.45, 2.75) is 53.8 Å². The Labute approximate surface area is 132 Å². The van der Waals surface area contributed by atoms with Gasteiger partial charge in [0.25, 0.3) is 0 Å². The Morgan fingerprint density at radius 2 is 1.62 bits per heavy atom. The van der Waals surface area contributed by atoms with Gasteiger partial charge in [-0.25, -0.2) is 0 Å². The van der Waals surface area contributed by atoms with E-state index in [2.05, 4.69) is 84.1 Å². The van der Waals surface area contributed by atoms with E-state index in [1.165, 1.54) is 5.19 Å². The highest BCUT2D eigenvalue weighted by Crippen LogP contribution is 2.34. The van der Waals surface area contributed by atoms with Gasteiger partial charge in [-0.3, -0.25) is 0 Å². The zero-order valence-electron chi connectivity index (χ0n) is 15.0. The van der Waals surface area contributed by atoms with Gasteiger partial charge in [0.05, 0.1) is 6.10 Å². The van der Waals surface area contributed by atoms with Gasteiger partial charge in [-0.15, -0.1) is 0 Å². The number of ether oxygens (including phenoxy) is 1. The van der Waals surface area contributed by atoms with Crippen LogP contribution in [0.3, 0.4) is 0 Å². The molecular weight excluding hydrogens is 272 g/mol. The van der Waals surface area contributed by atoms with Crippen LogP contribution in [0.1, 0.15) is 34.6 Å². The van der Waals surface area contributed by atoms with E-state index < -0.39 is 8.07 Å². The summed E-state index contributed by atoms with van der Waals surface area (Å²) in [7, 11) is 0.137. The molecule has 118 valence electrons. The summed E-state index contributed by atoms with van der Waals surface area (Å²) in [6, 6.07) is 11.0. The quantitative estimate of drug-likeness (QED) is 0.711. The Morgan fingerprint density at radius 3 is 2.05 bits per heavy atom. The lowest BCUT2D eigenvalue weighted by molar-refractivity contribution is 0.0894. The molecule has 0 amide bonds. The number of methoxy groups -OCH3 is 1. The number of benzene rings is 1. The molecule has 1 aromatic carbocycles. The molecule has 0 radical (unpaired) electrons. The normalized spacial score (nSPS) is 16.7. The third-order valence-corrected chi connectivity index (χ3v) is 8.56. The highest BCUT2D eigenvalue weighted by Gasteiger charge is 2.35. The molecule has 0 N–H and O–H groups in total. The molecule has 0 fully saturated rings. The molecule has 2 heteroatoms. The van der Waals surface area contributed by atoms with Crippen molar-refractivity contribution in [1.29, 1.82) is 0 Å². The third kappa shape index (κ3) is 4.55. The monoisotopic (exact) mass is 304 g/mol. The Hall–Kier alpha value is -0.863. The van der Waals surface area contributed by atoms with Gasteiger partial charge in [-0.05, 0) is 18.3 Å². The Bertz CT molecular complexity index is 468. The molecule has 0 aliphatic heterocycles. The largest absolute Gasteiger partial charge is 0.381 e. The first-order valence-corrected chi connectivity index (χ1v) is 10.9. The third-order valence-electron chi connectivity index (χ3n) is 4.52. The van der Waals surface area contributed by atoms with E-state index >= 15 is 0 Å². The molecular formula is C19H32OSi. The fourth-order valence-corrected chi connectivity index (χ4v) is 6.91. The van der Waals surface area contributed by atoms with E-state index in [0.29, 0.717) is 5.92 Å². The number of hydrogen-bond acceptors (Lipinski definition) is 1. The second-order valence-corrected chi connectivity index (χ2v) is 12.0. The molecule has 2 atom stereocenters. The fraction of sp³-hybridized carbons (Fsp3) is 0.579. The lowest BCUT2D eigenvalue weighted by Crippen LogP contribution is -2.48. The summed E-state index contributed by atoms with van der Waals surface area (Å²) in [6.07, 6.45) is 2.73. The van der Waals surface area contributed by atoms with Crippen LogP contribution in [-0.2, 0) is 4.74 Å². The molecule has 0 bridgehead atoms. The van der Waals surface area contributed by atoms with Gasteiger partial charge in [0.2, 0.25) is 0 Å². The van der Waals surface area contributed by atoms with Crippen LogP contribution >= 0.6 is 0 Å². The molecule has 0 aromatic heterocycles. The minimum Gasteiger partial charge on any atom is -0.381 e. The highest BCUT2D eigenvalue weighted by atomic mass is 28.3. The van der Waals surface area contributed by atoms with E-state index in [9.17, 15) is 0 Å². The van der Waals surface area contributed by atoms with E-state index in [1.807, 2.05) is 0 Å². The zero-order chi connectivity index (χ0) is 16.3.